The maximum absolute atomic E-state index is 12.9. The first-order chi connectivity index (χ1) is 15.0. The van der Waals surface area contributed by atoms with E-state index in [-0.39, 0.29) is 21.5 Å². The summed E-state index contributed by atoms with van der Waals surface area (Å²) in [6.07, 6.45) is 1.33. The molecule has 0 spiro atoms. The molecule has 1 heterocycles. The van der Waals surface area contributed by atoms with E-state index in [9.17, 15) is 13.2 Å². The van der Waals surface area contributed by atoms with Gasteiger partial charge in [-0.15, -0.1) is 0 Å². The molecule has 2 N–H and O–H groups in total. The van der Waals surface area contributed by atoms with Crippen LogP contribution in [0.5, 0.6) is 0 Å². The molecule has 0 unspecified atom stereocenters. The largest absolute Gasteiger partial charge is 0.333 e. The lowest BCUT2D eigenvalue weighted by molar-refractivity contribution is -0.118. The molecule has 0 saturated heterocycles. The molecule has 1 amide bonds. The second-order valence-corrected chi connectivity index (χ2v) is 9.38. The predicted octanol–water partition coefficient (Wildman–Crippen LogP) is 3.64. The van der Waals surface area contributed by atoms with Crippen molar-refractivity contribution in [3.05, 3.63) is 84.4 Å². The number of carbonyl (C=O) groups is 1. The smallest absolute Gasteiger partial charge is 0.250 e. The number of thioether (sulfide) groups is 1. The van der Waals surface area contributed by atoms with E-state index < -0.39 is 9.84 Å². The lowest BCUT2D eigenvalue weighted by atomic mass is 10.2. The van der Waals surface area contributed by atoms with Gasteiger partial charge in [0.05, 0.1) is 32.8 Å². The van der Waals surface area contributed by atoms with Crippen LogP contribution in [0.1, 0.15) is 5.56 Å². The summed E-state index contributed by atoms with van der Waals surface area (Å²) in [5.41, 5.74) is 4.55. The number of H-pyrrole nitrogens is 1. The Morgan fingerprint density at radius 3 is 2.52 bits per heavy atom. The van der Waals surface area contributed by atoms with E-state index in [1.165, 1.54) is 24.0 Å². The number of amides is 1. The molecule has 0 radical (unpaired) electrons. The molecule has 156 valence electrons. The lowest BCUT2D eigenvalue weighted by Gasteiger charge is -2.07. The molecule has 7 nitrogen and oxygen atoms in total. The molecule has 0 aliphatic carbocycles. The molecule has 0 aliphatic rings. The minimum atomic E-state index is -3.70. The average Bonchev–Trinajstić information content (AvgIpc) is 3.22. The van der Waals surface area contributed by atoms with Crippen molar-refractivity contribution < 1.29 is 13.2 Å². The van der Waals surface area contributed by atoms with Crippen LogP contribution in [-0.2, 0) is 14.6 Å². The van der Waals surface area contributed by atoms with Gasteiger partial charge in [0.2, 0.25) is 9.84 Å². The summed E-state index contributed by atoms with van der Waals surface area (Å²) in [5.74, 6) is -0.216. The highest BCUT2D eigenvalue weighted by atomic mass is 32.2. The van der Waals surface area contributed by atoms with Crippen molar-refractivity contribution in [3.8, 4) is 0 Å². The Morgan fingerprint density at radius 1 is 1.00 bits per heavy atom. The van der Waals surface area contributed by atoms with Crippen molar-refractivity contribution in [2.75, 3.05) is 5.75 Å². The normalized spacial score (nSPS) is 11.7. The predicted molar refractivity (Wildman–Crippen MR) is 121 cm³/mol. The first kappa shape index (κ1) is 20.8. The number of rotatable bonds is 7. The van der Waals surface area contributed by atoms with Crippen molar-refractivity contribution in [1.82, 2.24) is 15.4 Å². The summed E-state index contributed by atoms with van der Waals surface area (Å²) < 4.78 is 25.8. The SMILES string of the molecule is O=C(CSc1nc2ccccc2[nH]1)N/N=C\c1ccccc1S(=O)(=O)c1ccccc1. The van der Waals surface area contributed by atoms with E-state index in [0.717, 1.165) is 11.0 Å². The molecule has 1 aromatic heterocycles. The maximum Gasteiger partial charge on any atom is 0.250 e. The fourth-order valence-corrected chi connectivity index (χ4v) is 5.03. The van der Waals surface area contributed by atoms with Crippen LogP contribution in [0.2, 0.25) is 0 Å². The van der Waals surface area contributed by atoms with E-state index in [1.54, 1.807) is 48.5 Å². The zero-order valence-electron chi connectivity index (χ0n) is 16.2. The number of hydrazone groups is 1. The molecule has 9 heteroatoms. The molecule has 3 aromatic carbocycles. The Hall–Kier alpha value is -3.43. The van der Waals surface area contributed by atoms with Gasteiger partial charge < -0.3 is 4.98 Å². The van der Waals surface area contributed by atoms with Crippen LogP contribution in [0.25, 0.3) is 11.0 Å². The Balaban J connectivity index is 1.41. The number of nitrogens with zero attached hydrogens (tertiary/aromatic N) is 2. The van der Waals surface area contributed by atoms with Crippen LogP contribution in [0, 0.1) is 0 Å². The highest BCUT2D eigenvalue weighted by Gasteiger charge is 2.20. The summed E-state index contributed by atoms with van der Waals surface area (Å²) in [4.78, 5) is 20.0. The monoisotopic (exact) mass is 450 g/mol. The fraction of sp³-hybridized carbons (Fsp3) is 0.0455. The second-order valence-electron chi connectivity index (χ2n) is 6.50. The third-order valence-electron chi connectivity index (χ3n) is 4.36. The molecule has 0 atom stereocenters. The summed E-state index contributed by atoms with van der Waals surface area (Å²) in [6, 6.07) is 22.3. The number of aromatic nitrogens is 2. The number of hydrogen-bond donors (Lipinski definition) is 2. The summed E-state index contributed by atoms with van der Waals surface area (Å²) in [5, 5.41) is 4.57. The van der Waals surface area contributed by atoms with Crippen LogP contribution < -0.4 is 5.43 Å². The van der Waals surface area contributed by atoms with E-state index in [4.69, 9.17) is 0 Å². The highest BCUT2D eigenvalue weighted by molar-refractivity contribution is 7.99. The minimum Gasteiger partial charge on any atom is -0.333 e. The van der Waals surface area contributed by atoms with Gasteiger partial charge in [-0.2, -0.15) is 5.10 Å². The lowest BCUT2D eigenvalue weighted by Crippen LogP contribution is -2.20. The molecular formula is C22H18N4O3S2. The Morgan fingerprint density at radius 2 is 1.71 bits per heavy atom. The third-order valence-corrected chi connectivity index (χ3v) is 7.08. The number of nitrogens with one attached hydrogen (secondary N) is 2. The van der Waals surface area contributed by atoms with Crippen LogP contribution in [0.15, 0.2) is 98.9 Å². The summed E-state index contributed by atoms with van der Waals surface area (Å²) in [7, 11) is -3.70. The molecular weight excluding hydrogens is 432 g/mol. The zero-order chi connectivity index (χ0) is 21.7. The Bertz CT molecular complexity index is 1320. The number of fused-ring (bicyclic) bond motifs is 1. The van der Waals surface area contributed by atoms with Crippen LogP contribution in [0.4, 0.5) is 0 Å². The molecule has 31 heavy (non-hydrogen) atoms. The summed E-state index contributed by atoms with van der Waals surface area (Å²) >= 11 is 1.26. The van der Waals surface area contributed by atoms with Gasteiger partial charge in [0.15, 0.2) is 5.16 Å². The molecule has 0 bridgehead atoms. The van der Waals surface area contributed by atoms with E-state index in [2.05, 4.69) is 20.5 Å². The van der Waals surface area contributed by atoms with Gasteiger partial charge >= 0.3 is 0 Å². The van der Waals surface area contributed by atoms with Crippen LogP contribution in [0.3, 0.4) is 0 Å². The van der Waals surface area contributed by atoms with Crippen molar-refractivity contribution in [2.45, 2.75) is 14.9 Å². The first-order valence-corrected chi connectivity index (χ1v) is 11.8. The number of imidazole rings is 1. The minimum absolute atomic E-state index is 0.112. The molecule has 4 rings (SSSR count). The molecule has 4 aromatic rings. The van der Waals surface area contributed by atoms with Gasteiger partial charge in [0, 0.05) is 5.56 Å². The first-order valence-electron chi connectivity index (χ1n) is 9.33. The maximum atomic E-state index is 12.9. The fourth-order valence-electron chi connectivity index (χ4n) is 2.90. The quantitative estimate of drug-likeness (QED) is 0.254. The number of hydrogen-bond acceptors (Lipinski definition) is 6. The van der Waals surface area contributed by atoms with Crippen LogP contribution in [-0.4, -0.2) is 36.3 Å². The van der Waals surface area contributed by atoms with Gasteiger partial charge in [-0.05, 0) is 30.3 Å². The van der Waals surface area contributed by atoms with Crippen LogP contribution >= 0.6 is 11.8 Å². The average molecular weight is 451 g/mol. The summed E-state index contributed by atoms with van der Waals surface area (Å²) in [6.45, 7) is 0. The third kappa shape index (κ3) is 4.84. The topological polar surface area (TPSA) is 104 Å². The second kappa shape index (κ2) is 9.15. The van der Waals surface area contributed by atoms with Crippen molar-refractivity contribution in [2.24, 2.45) is 5.10 Å². The zero-order valence-corrected chi connectivity index (χ0v) is 17.9. The van der Waals surface area contributed by atoms with E-state index in [0.29, 0.717) is 10.7 Å². The van der Waals surface area contributed by atoms with Gasteiger partial charge in [-0.1, -0.05) is 60.3 Å². The van der Waals surface area contributed by atoms with Crippen molar-refractivity contribution >= 4 is 44.8 Å². The number of benzene rings is 3. The van der Waals surface area contributed by atoms with Gasteiger partial charge in [0.25, 0.3) is 5.91 Å². The Labute approximate surface area is 183 Å². The molecule has 0 saturated carbocycles. The number of sulfone groups is 1. The van der Waals surface area contributed by atoms with Gasteiger partial charge in [-0.3, -0.25) is 4.79 Å². The molecule has 0 fully saturated rings. The number of para-hydroxylation sites is 2. The van der Waals surface area contributed by atoms with E-state index in [1.807, 2.05) is 24.3 Å². The van der Waals surface area contributed by atoms with Gasteiger partial charge in [-0.25, -0.2) is 18.8 Å². The Kier molecular flexibility index (Phi) is 6.15. The van der Waals surface area contributed by atoms with Gasteiger partial charge in [0.1, 0.15) is 0 Å². The molecule has 0 aliphatic heterocycles. The number of carbonyl (C=O) groups excluding carboxylic acids is 1. The highest BCUT2D eigenvalue weighted by Crippen LogP contribution is 2.23. The standard InChI is InChI=1S/C22H18N4O3S2/c27-21(15-30-22-24-18-11-5-6-12-19(18)25-22)26-23-14-16-8-4-7-13-20(16)31(28,29)17-9-2-1-3-10-17/h1-14H,15H2,(H,24,25)(H,26,27)/b23-14-. The van der Waals surface area contributed by atoms with Crippen molar-refractivity contribution in [3.63, 3.8) is 0 Å². The number of aromatic amines is 1. The van der Waals surface area contributed by atoms with E-state index >= 15 is 0 Å². The van der Waals surface area contributed by atoms with Crippen molar-refractivity contribution in [1.29, 1.82) is 0 Å².